The molecule has 1 aliphatic rings. The molecule has 0 amide bonds. The Morgan fingerprint density at radius 3 is 2.17 bits per heavy atom. The molecule has 0 aliphatic heterocycles. The Morgan fingerprint density at radius 1 is 1.25 bits per heavy atom. The summed E-state index contributed by atoms with van der Waals surface area (Å²) in [5.41, 5.74) is -0.871. The summed E-state index contributed by atoms with van der Waals surface area (Å²) in [6.45, 7) is 3.92. The van der Waals surface area contributed by atoms with Crippen molar-refractivity contribution in [3.8, 4) is 0 Å². The first kappa shape index (κ1) is 9.96. The van der Waals surface area contributed by atoms with E-state index in [4.69, 9.17) is 0 Å². The van der Waals surface area contributed by atoms with E-state index in [1.165, 1.54) is 0 Å². The van der Waals surface area contributed by atoms with Crippen molar-refractivity contribution in [1.29, 1.82) is 0 Å². The zero-order valence-electron chi connectivity index (χ0n) is 7.88. The average Bonchev–Trinajstić information content (AvgIpc) is 2.36. The van der Waals surface area contributed by atoms with Crippen LogP contribution in [0.3, 0.4) is 0 Å². The van der Waals surface area contributed by atoms with Crippen LogP contribution in [0.2, 0.25) is 0 Å². The van der Waals surface area contributed by atoms with E-state index in [1.54, 1.807) is 0 Å². The molecule has 1 rings (SSSR count). The fourth-order valence-corrected chi connectivity index (χ4v) is 1.73. The molecule has 0 bridgehead atoms. The fraction of sp³-hybridized carbons (Fsp3) is 1.00. The molecule has 1 saturated carbocycles. The summed E-state index contributed by atoms with van der Waals surface area (Å²) in [5, 5.41) is 22.4. The molecule has 0 aromatic carbocycles. The summed E-state index contributed by atoms with van der Waals surface area (Å²) >= 11 is 0. The summed E-state index contributed by atoms with van der Waals surface area (Å²) < 4.78 is 0. The van der Waals surface area contributed by atoms with Crippen LogP contribution in [-0.2, 0) is 0 Å². The molecule has 1 fully saturated rings. The fourth-order valence-electron chi connectivity index (χ4n) is 1.73. The highest BCUT2D eigenvalue weighted by Gasteiger charge is 2.38. The Balaban J connectivity index is 2.44. The van der Waals surface area contributed by atoms with Gasteiger partial charge in [0.1, 0.15) is 11.8 Å². The standard InChI is InChI=1S/C9H19NO2/c1-7(2)10-8(11)9(12)5-3-4-6-9/h7-8,10-12H,3-6H2,1-2H3. The molecule has 3 nitrogen and oxygen atoms in total. The molecule has 3 N–H and O–H groups in total. The number of hydrogen-bond acceptors (Lipinski definition) is 3. The van der Waals surface area contributed by atoms with Gasteiger partial charge in [-0.3, -0.25) is 5.32 Å². The maximum absolute atomic E-state index is 9.90. The summed E-state index contributed by atoms with van der Waals surface area (Å²) in [7, 11) is 0. The van der Waals surface area contributed by atoms with Gasteiger partial charge in [0, 0.05) is 6.04 Å². The second kappa shape index (κ2) is 3.73. The smallest absolute Gasteiger partial charge is 0.134 e. The lowest BCUT2D eigenvalue weighted by Crippen LogP contribution is -2.51. The van der Waals surface area contributed by atoms with Gasteiger partial charge in [0.05, 0.1) is 0 Å². The van der Waals surface area contributed by atoms with Crippen molar-refractivity contribution in [3.05, 3.63) is 0 Å². The molecule has 3 heteroatoms. The van der Waals surface area contributed by atoms with Gasteiger partial charge >= 0.3 is 0 Å². The Morgan fingerprint density at radius 2 is 1.75 bits per heavy atom. The average molecular weight is 173 g/mol. The third-order valence-corrected chi connectivity index (χ3v) is 2.47. The SMILES string of the molecule is CC(C)NC(O)C1(O)CCCC1. The molecule has 0 heterocycles. The van der Waals surface area contributed by atoms with E-state index in [-0.39, 0.29) is 6.04 Å². The topological polar surface area (TPSA) is 52.5 Å². The molecule has 1 aliphatic carbocycles. The van der Waals surface area contributed by atoms with Crippen LogP contribution < -0.4 is 5.32 Å². The van der Waals surface area contributed by atoms with Gasteiger partial charge in [-0.05, 0) is 26.7 Å². The molecular formula is C9H19NO2. The van der Waals surface area contributed by atoms with E-state index in [0.717, 1.165) is 12.8 Å². The minimum Gasteiger partial charge on any atom is -0.386 e. The molecule has 0 saturated heterocycles. The van der Waals surface area contributed by atoms with Crippen LogP contribution in [0.5, 0.6) is 0 Å². The van der Waals surface area contributed by atoms with Crippen LogP contribution in [0, 0.1) is 0 Å². The molecule has 1 unspecified atom stereocenters. The van der Waals surface area contributed by atoms with Crippen molar-refractivity contribution in [2.75, 3.05) is 0 Å². The highest BCUT2D eigenvalue weighted by atomic mass is 16.4. The number of nitrogens with one attached hydrogen (secondary N) is 1. The molecule has 0 radical (unpaired) electrons. The van der Waals surface area contributed by atoms with Gasteiger partial charge in [0.2, 0.25) is 0 Å². The second-order valence-corrected chi connectivity index (χ2v) is 4.03. The molecule has 0 aromatic heterocycles. The van der Waals surface area contributed by atoms with Gasteiger partial charge < -0.3 is 10.2 Å². The predicted octanol–water partition coefficient (Wildman–Crippen LogP) is 0.608. The molecule has 0 aromatic rings. The highest BCUT2D eigenvalue weighted by molar-refractivity contribution is 4.90. The summed E-state index contributed by atoms with van der Waals surface area (Å²) in [6, 6.07) is 0.213. The molecule has 72 valence electrons. The molecular weight excluding hydrogens is 154 g/mol. The summed E-state index contributed by atoms with van der Waals surface area (Å²) in [6.07, 6.45) is 2.71. The number of aliphatic hydroxyl groups excluding tert-OH is 1. The minimum absolute atomic E-state index is 0.213. The van der Waals surface area contributed by atoms with Crippen LogP contribution >= 0.6 is 0 Å². The largest absolute Gasteiger partial charge is 0.386 e. The van der Waals surface area contributed by atoms with Crippen molar-refractivity contribution in [1.82, 2.24) is 5.32 Å². The van der Waals surface area contributed by atoms with Crippen LogP contribution in [0.1, 0.15) is 39.5 Å². The Hall–Kier alpha value is -0.120. The number of aliphatic hydroxyl groups is 2. The van der Waals surface area contributed by atoms with Gasteiger partial charge in [0.15, 0.2) is 0 Å². The van der Waals surface area contributed by atoms with Crippen LogP contribution in [0.4, 0.5) is 0 Å². The van der Waals surface area contributed by atoms with Crippen LogP contribution in [0.15, 0.2) is 0 Å². The van der Waals surface area contributed by atoms with Crippen LogP contribution in [-0.4, -0.2) is 28.1 Å². The van der Waals surface area contributed by atoms with Gasteiger partial charge in [-0.1, -0.05) is 12.8 Å². The van der Waals surface area contributed by atoms with E-state index in [2.05, 4.69) is 5.32 Å². The normalized spacial score (nSPS) is 24.8. The quantitative estimate of drug-likeness (QED) is 0.548. The zero-order chi connectivity index (χ0) is 9.19. The van der Waals surface area contributed by atoms with Crippen molar-refractivity contribution >= 4 is 0 Å². The highest BCUT2D eigenvalue weighted by Crippen LogP contribution is 2.31. The summed E-state index contributed by atoms with van der Waals surface area (Å²) in [5.74, 6) is 0. The van der Waals surface area contributed by atoms with E-state index in [0.29, 0.717) is 12.8 Å². The molecule has 0 spiro atoms. The monoisotopic (exact) mass is 173 g/mol. The third kappa shape index (κ3) is 2.19. The van der Waals surface area contributed by atoms with Gasteiger partial charge in [-0.15, -0.1) is 0 Å². The third-order valence-electron chi connectivity index (χ3n) is 2.47. The van der Waals surface area contributed by atoms with Crippen molar-refractivity contribution < 1.29 is 10.2 Å². The summed E-state index contributed by atoms with van der Waals surface area (Å²) in [4.78, 5) is 0. The van der Waals surface area contributed by atoms with E-state index in [1.807, 2.05) is 13.8 Å². The first-order valence-corrected chi connectivity index (χ1v) is 4.71. The van der Waals surface area contributed by atoms with Gasteiger partial charge in [0.25, 0.3) is 0 Å². The molecule has 1 atom stereocenters. The minimum atomic E-state index is -0.871. The maximum Gasteiger partial charge on any atom is 0.134 e. The maximum atomic E-state index is 9.90. The Labute approximate surface area is 73.8 Å². The van der Waals surface area contributed by atoms with Gasteiger partial charge in [-0.25, -0.2) is 0 Å². The number of hydrogen-bond donors (Lipinski definition) is 3. The van der Waals surface area contributed by atoms with Crippen LogP contribution in [0.25, 0.3) is 0 Å². The second-order valence-electron chi connectivity index (χ2n) is 4.03. The van der Waals surface area contributed by atoms with E-state index >= 15 is 0 Å². The number of rotatable bonds is 3. The first-order valence-electron chi connectivity index (χ1n) is 4.71. The lowest BCUT2D eigenvalue weighted by atomic mass is 10.00. The lowest BCUT2D eigenvalue weighted by molar-refractivity contribution is -0.0884. The predicted molar refractivity (Wildman–Crippen MR) is 47.7 cm³/mol. The molecule has 12 heavy (non-hydrogen) atoms. The van der Waals surface area contributed by atoms with Gasteiger partial charge in [-0.2, -0.15) is 0 Å². The lowest BCUT2D eigenvalue weighted by Gasteiger charge is -2.30. The van der Waals surface area contributed by atoms with E-state index < -0.39 is 11.8 Å². The van der Waals surface area contributed by atoms with Crippen molar-refractivity contribution in [2.24, 2.45) is 0 Å². The first-order chi connectivity index (χ1) is 5.54. The Kier molecular flexibility index (Phi) is 3.09. The van der Waals surface area contributed by atoms with Crippen molar-refractivity contribution in [2.45, 2.75) is 57.4 Å². The Bertz CT molecular complexity index is 141. The van der Waals surface area contributed by atoms with E-state index in [9.17, 15) is 10.2 Å². The van der Waals surface area contributed by atoms with Crippen molar-refractivity contribution in [3.63, 3.8) is 0 Å². The zero-order valence-corrected chi connectivity index (χ0v) is 7.88.